The number of rotatable bonds is 0. The van der Waals surface area contributed by atoms with Gasteiger partial charge in [-0.15, -0.1) is 0 Å². The molecule has 0 unspecified atom stereocenters. The minimum atomic E-state index is 0.592. The Morgan fingerprint density at radius 2 is 1.71 bits per heavy atom. The fourth-order valence-electron chi connectivity index (χ4n) is 1.90. The maximum absolute atomic E-state index is 3.28. The van der Waals surface area contributed by atoms with Crippen LogP contribution in [-0.4, -0.2) is 13.1 Å². The fourth-order valence-corrected chi connectivity index (χ4v) is 1.90. The number of nitrogens with one attached hydrogen (secondary N) is 1. The predicted molar refractivity (Wildman–Crippen MR) is 63.5 cm³/mol. The van der Waals surface area contributed by atoms with Crippen molar-refractivity contribution >= 4 is 0 Å². The Morgan fingerprint density at radius 3 is 1.93 bits per heavy atom. The van der Waals surface area contributed by atoms with Crippen molar-refractivity contribution in [3.8, 4) is 0 Å². The lowest BCUT2D eigenvalue weighted by atomic mass is 9.81. The van der Waals surface area contributed by atoms with Crippen LogP contribution < -0.4 is 5.32 Å². The number of hydrogen-bond donors (Lipinski definition) is 1. The van der Waals surface area contributed by atoms with Crippen LogP contribution in [0.4, 0.5) is 0 Å². The lowest BCUT2D eigenvalue weighted by molar-refractivity contribution is 0.331. The number of hydrogen-bond acceptors (Lipinski definition) is 1. The molecular weight excluding hydrogens is 170 g/mol. The van der Waals surface area contributed by atoms with E-state index in [2.05, 4.69) is 31.3 Å². The van der Waals surface area contributed by atoms with Gasteiger partial charge >= 0.3 is 0 Å². The molecule has 2 aliphatic rings. The molecule has 14 heavy (non-hydrogen) atoms. The van der Waals surface area contributed by atoms with Crippen LogP contribution in [0.1, 0.15) is 52.4 Å². The Hall–Kier alpha value is -0.300. The predicted octanol–water partition coefficient (Wildman–Crippen LogP) is 3.51. The van der Waals surface area contributed by atoms with Gasteiger partial charge in [0.2, 0.25) is 0 Å². The summed E-state index contributed by atoms with van der Waals surface area (Å²) in [5.74, 6) is 0. The van der Waals surface area contributed by atoms with Gasteiger partial charge in [-0.05, 0) is 50.6 Å². The van der Waals surface area contributed by atoms with Gasteiger partial charge in [-0.2, -0.15) is 0 Å². The first-order valence-corrected chi connectivity index (χ1v) is 6.06. The van der Waals surface area contributed by atoms with Crippen molar-refractivity contribution < 1.29 is 0 Å². The van der Waals surface area contributed by atoms with E-state index in [0.29, 0.717) is 5.41 Å². The van der Waals surface area contributed by atoms with E-state index in [1.807, 2.05) is 0 Å². The zero-order valence-corrected chi connectivity index (χ0v) is 9.81. The van der Waals surface area contributed by atoms with Crippen molar-refractivity contribution in [1.29, 1.82) is 0 Å². The molecule has 0 spiro atoms. The average molecular weight is 195 g/mol. The smallest absolute Gasteiger partial charge is 0.00489 e. The van der Waals surface area contributed by atoms with Gasteiger partial charge in [0.25, 0.3) is 0 Å². The molecule has 2 rings (SSSR count). The molecule has 82 valence electrons. The van der Waals surface area contributed by atoms with E-state index in [1.54, 1.807) is 0 Å². The van der Waals surface area contributed by atoms with Crippen molar-refractivity contribution in [2.45, 2.75) is 52.4 Å². The highest BCUT2D eigenvalue weighted by atomic mass is 14.9. The molecule has 0 aromatic rings. The SMILES string of the molecule is C1CCNCC1.CC1(C)CC=CCC1. The Labute approximate surface area is 89.0 Å². The summed E-state index contributed by atoms with van der Waals surface area (Å²) >= 11 is 0. The first kappa shape index (κ1) is 11.8. The van der Waals surface area contributed by atoms with E-state index in [4.69, 9.17) is 0 Å². The Bertz CT molecular complexity index is 155. The molecule has 0 amide bonds. The molecule has 1 N–H and O–H groups in total. The van der Waals surface area contributed by atoms with Crippen LogP contribution in [-0.2, 0) is 0 Å². The van der Waals surface area contributed by atoms with Gasteiger partial charge in [0.05, 0.1) is 0 Å². The van der Waals surface area contributed by atoms with Crippen LogP contribution in [0.2, 0.25) is 0 Å². The fraction of sp³-hybridized carbons (Fsp3) is 0.846. The van der Waals surface area contributed by atoms with E-state index in [9.17, 15) is 0 Å². The van der Waals surface area contributed by atoms with Crippen molar-refractivity contribution in [2.75, 3.05) is 13.1 Å². The first-order chi connectivity index (χ1) is 6.71. The molecule has 1 aliphatic carbocycles. The molecule has 0 saturated carbocycles. The van der Waals surface area contributed by atoms with Crippen molar-refractivity contribution in [1.82, 2.24) is 5.32 Å². The second kappa shape index (κ2) is 6.23. The maximum atomic E-state index is 3.28. The van der Waals surface area contributed by atoms with Gasteiger partial charge in [0.1, 0.15) is 0 Å². The summed E-state index contributed by atoms with van der Waals surface area (Å²) in [6.45, 7) is 7.16. The van der Waals surface area contributed by atoms with Crippen LogP contribution in [0.3, 0.4) is 0 Å². The third-order valence-electron chi connectivity index (χ3n) is 3.03. The topological polar surface area (TPSA) is 12.0 Å². The van der Waals surface area contributed by atoms with E-state index in [0.717, 1.165) is 0 Å². The highest BCUT2D eigenvalue weighted by Crippen LogP contribution is 2.30. The monoisotopic (exact) mass is 195 g/mol. The van der Waals surface area contributed by atoms with Crippen molar-refractivity contribution in [3.63, 3.8) is 0 Å². The van der Waals surface area contributed by atoms with Gasteiger partial charge in [0.15, 0.2) is 0 Å². The molecule has 1 saturated heterocycles. The van der Waals surface area contributed by atoms with Crippen molar-refractivity contribution in [3.05, 3.63) is 12.2 Å². The molecule has 1 nitrogen and oxygen atoms in total. The normalized spacial score (nSPS) is 25.0. The van der Waals surface area contributed by atoms with Crippen LogP contribution in [0, 0.1) is 5.41 Å². The van der Waals surface area contributed by atoms with E-state index < -0.39 is 0 Å². The molecule has 0 radical (unpaired) electrons. The standard InChI is InChI=1S/C8H14.C5H11N/c1-8(2)6-4-3-5-7-8;1-2-4-6-5-3-1/h3-4H,5-7H2,1-2H3;6H,1-5H2. The minimum absolute atomic E-state index is 0.592. The zero-order chi connectivity index (χ0) is 10.3. The van der Waals surface area contributed by atoms with Crippen molar-refractivity contribution in [2.24, 2.45) is 5.41 Å². The minimum Gasteiger partial charge on any atom is -0.317 e. The summed E-state index contributed by atoms with van der Waals surface area (Å²) in [4.78, 5) is 0. The highest BCUT2D eigenvalue weighted by Gasteiger charge is 2.16. The second-order valence-corrected chi connectivity index (χ2v) is 5.19. The quantitative estimate of drug-likeness (QED) is 0.583. The van der Waals surface area contributed by atoms with E-state index in [1.165, 1.54) is 51.6 Å². The zero-order valence-electron chi connectivity index (χ0n) is 9.81. The Balaban J connectivity index is 0.000000146. The van der Waals surface area contributed by atoms with Gasteiger partial charge in [-0.25, -0.2) is 0 Å². The average Bonchev–Trinajstić information content (AvgIpc) is 2.21. The van der Waals surface area contributed by atoms with Crippen LogP contribution >= 0.6 is 0 Å². The van der Waals surface area contributed by atoms with Gasteiger partial charge in [0, 0.05) is 0 Å². The van der Waals surface area contributed by atoms with Gasteiger partial charge < -0.3 is 5.32 Å². The third kappa shape index (κ3) is 5.43. The molecular formula is C13H25N. The lowest BCUT2D eigenvalue weighted by Crippen LogP contribution is -2.21. The largest absolute Gasteiger partial charge is 0.317 e. The Kier molecular flexibility index (Phi) is 5.24. The lowest BCUT2D eigenvalue weighted by Gasteiger charge is -2.24. The van der Waals surface area contributed by atoms with E-state index in [-0.39, 0.29) is 0 Å². The molecule has 0 aromatic carbocycles. The molecule has 0 atom stereocenters. The number of piperidine rings is 1. The van der Waals surface area contributed by atoms with Crippen LogP contribution in [0.15, 0.2) is 12.2 Å². The summed E-state index contributed by atoms with van der Waals surface area (Å²) in [6, 6.07) is 0. The third-order valence-corrected chi connectivity index (χ3v) is 3.03. The molecule has 0 bridgehead atoms. The maximum Gasteiger partial charge on any atom is -0.00489 e. The molecule has 1 fully saturated rings. The van der Waals surface area contributed by atoms with Gasteiger partial charge in [-0.1, -0.05) is 32.4 Å². The molecule has 1 heterocycles. The number of allylic oxidation sites excluding steroid dienone is 2. The molecule has 0 aromatic heterocycles. The van der Waals surface area contributed by atoms with Crippen LogP contribution in [0.25, 0.3) is 0 Å². The van der Waals surface area contributed by atoms with Crippen LogP contribution in [0.5, 0.6) is 0 Å². The highest BCUT2D eigenvalue weighted by molar-refractivity contribution is 4.93. The summed E-state index contributed by atoms with van der Waals surface area (Å²) in [6.07, 6.45) is 12.7. The van der Waals surface area contributed by atoms with E-state index >= 15 is 0 Å². The summed E-state index contributed by atoms with van der Waals surface area (Å²) in [7, 11) is 0. The molecule has 1 aliphatic heterocycles. The summed E-state index contributed by atoms with van der Waals surface area (Å²) < 4.78 is 0. The molecule has 1 heteroatoms. The summed E-state index contributed by atoms with van der Waals surface area (Å²) in [5.41, 5.74) is 0.592. The summed E-state index contributed by atoms with van der Waals surface area (Å²) in [5, 5.41) is 3.28. The Morgan fingerprint density at radius 1 is 1.00 bits per heavy atom. The second-order valence-electron chi connectivity index (χ2n) is 5.19. The first-order valence-electron chi connectivity index (χ1n) is 6.06. The van der Waals surface area contributed by atoms with Gasteiger partial charge in [-0.3, -0.25) is 0 Å².